The Kier molecular flexibility index (Phi) is 4.28. The van der Waals surface area contributed by atoms with E-state index in [1.54, 1.807) is 35.3 Å². The molecule has 0 N–H and O–H groups in total. The van der Waals surface area contributed by atoms with E-state index in [0.29, 0.717) is 12.1 Å². The molecule has 0 aliphatic carbocycles. The number of hydrogen-bond acceptors (Lipinski definition) is 3. The van der Waals surface area contributed by atoms with Gasteiger partial charge in [-0.2, -0.15) is 5.10 Å². The van der Waals surface area contributed by atoms with Gasteiger partial charge in [0.15, 0.2) is 0 Å². The normalized spacial score (nSPS) is 12.1. The second kappa shape index (κ2) is 6.52. The molecule has 3 aromatic rings. The van der Waals surface area contributed by atoms with Gasteiger partial charge >= 0.3 is 0 Å². The summed E-state index contributed by atoms with van der Waals surface area (Å²) in [6.45, 7) is 2.58. The average Bonchev–Trinajstić information content (AvgIpc) is 3.25. The molecule has 1 aromatic carbocycles. The van der Waals surface area contributed by atoms with E-state index in [2.05, 4.69) is 5.10 Å². The minimum Gasteiger partial charge on any atom is -0.467 e. The number of benzene rings is 1. The quantitative estimate of drug-likeness (QED) is 0.726. The van der Waals surface area contributed by atoms with Crippen molar-refractivity contribution in [2.75, 3.05) is 7.05 Å². The van der Waals surface area contributed by atoms with Gasteiger partial charge in [-0.05, 0) is 24.6 Å². The molecule has 0 bridgehead atoms. The Bertz CT molecular complexity index is 763. The Morgan fingerprint density at radius 1 is 1.26 bits per heavy atom. The molecule has 0 fully saturated rings. The molecule has 1 amide bonds. The molecule has 0 saturated heterocycles. The zero-order valence-electron chi connectivity index (χ0n) is 13.2. The van der Waals surface area contributed by atoms with Crippen LogP contribution >= 0.6 is 0 Å². The number of carbonyl (C=O) groups excluding carboxylic acids is 1. The third-order valence-corrected chi connectivity index (χ3v) is 3.92. The lowest BCUT2D eigenvalue weighted by atomic mass is 10.2. The van der Waals surface area contributed by atoms with Gasteiger partial charge in [0, 0.05) is 13.2 Å². The molecule has 2 heterocycles. The molecule has 3 rings (SSSR count). The number of furan rings is 1. The zero-order chi connectivity index (χ0) is 16.2. The fourth-order valence-electron chi connectivity index (χ4n) is 2.43. The van der Waals surface area contributed by atoms with Crippen molar-refractivity contribution < 1.29 is 9.21 Å². The van der Waals surface area contributed by atoms with Crippen LogP contribution in [0, 0.1) is 0 Å². The van der Waals surface area contributed by atoms with E-state index >= 15 is 0 Å². The summed E-state index contributed by atoms with van der Waals surface area (Å²) in [4.78, 5) is 14.2. The van der Waals surface area contributed by atoms with Gasteiger partial charge < -0.3 is 9.32 Å². The number of aromatic nitrogens is 2. The van der Waals surface area contributed by atoms with Crippen LogP contribution in [0.5, 0.6) is 0 Å². The van der Waals surface area contributed by atoms with Crippen LogP contribution in [0.2, 0.25) is 0 Å². The standard InChI is InChI=1S/C18H19N3O2/c1-14(17-9-6-10-23-17)20(2)18(22)16-11-19-21(13-16)12-15-7-4-3-5-8-15/h3-11,13-14H,12H2,1-2H3. The smallest absolute Gasteiger partial charge is 0.257 e. The molecule has 118 valence electrons. The largest absolute Gasteiger partial charge is 0.467 e. The zero-order valence-corrected chi connectivity index (χ0v) is 13.2. The molecule has 0 aliphatic rings. The molecule has 0 radical (unpaired) electrons. The number of rotatable bonds is 5. The van der Waals surface area contributed by atoms with E-state index in [1.165, 1.54) is 0 Å². The Hall–Kier alpha value is -2.82. The van der Waals surface area contributed by atoms with Crippen LogP contribution in [0.3, 0.4) is 0 Å². The molecular weight excluding hydrogens is 290 g/mol. The molecule has 2 aromatic heterocycles. The number of carbonyl (C=O) groups is 1. The van der Waals surface area contributed by atoms with E-state index in [1.807, 2.05) is 49.4 Å². The molecule has 0 aliphatic heterocycles. The maximum atomic E-state index is 12.6. The van der Waals surface area contributed by atoms with Crippen LogP contribution < -0.4 is 0 Å². The van der Waals surface area contributed by atoms with Gasteiger partial charge in [-0.1, -0.05) is 30.3 Å². The van der Waals surface area contributed by atoms with Gasteiger partial charge in [0.2, 0.25) is 0 Å². The summed E-state index contributed by atoms with van der Waals surface area (Å²) < 4.78 is 7.14. The minimum absolute atomic E-state index is 0.0757. The lowest BCUT2D eigenvalue weighted by molar-refractivity contribution is 0.0726. The van der Waals surface area contributed by atoms with Crippen molar-refractivity contribution in [3.8, 4) is 0 Å². The maximum absolute atomic E-state index is 12.6. The first-order valence-corrected chi connectivity index (χ1v) is 7.52. The summed E-state index contributed by atoms with van der Waals surface area (Å²) in [7, 11) is 1.77. The van der Waals surface area contributed by atoms with E-state index in [-0.39, 0.29) is 11.9 Å². The van der Waals surface area contributed by atoms with Gasteiger partial charge in [0.05, 0.1) is 30.6 Å². The molecule has 1 atom stereocenters. The second-order valence-corrected chi connectivity index (χ2v) is 5.52. The van der Waals surface area contributed by atoms with Gasteiger partial charge in [-0.3, -0.25) is 9.48 Å². The first-order valence-electron chi connectivity index (χ1n) is 7.52. The Morgan fingerprint density at radius 3 is 2.74 bits per heavy atom. The third kappa shape index (κ3) is 3.34. The van der Waals surface area contributed by atoms with Crippen molar-refractivity contribution in [3.05, 3.63) is 78.0 Å². The van der Waals surface area contributed by atoms with Crippen LogP contribution in [0.25, 0.3) is 0 Å². The summed E-state index contributed by atoms with van der Waals surface area (Å²) >= 11 is 0. The fourth-order valence-corrected chi connectivity index (χ4v) is 2.43. The summed E-state index contributed by atoms with van der Waals surface area (Å²) in [5.74, 6) is 0.686. The number of nitrogens with zero attached hydrogens (tertiary/aromatic N) is 3. The molecule has 0 spiro atoms. The first-order chi connectivity index (χ1) is 11.1. The van der Waals surface area contributed by atoms with Crippen LogP contribution in [0.4, 0.5) is 0 Å². The van der Waals surface area contributed by atoms with Crippen LogP contribution in [0.15, 0.2) is 65.5 Å². The van der Waals surface area contributed by atoms with Crippen LogP contribution in [-0.4, -0.2) is 27.6 Å². The van der Waals surface area contributed by atoms with E-state index in [4.69, 9.17) is 4.42 Å². The highest BCUT2D eigenvalue weighted by molar-refractivity contribution is 5.93. The molecule has 5 heteroatoms. The molecule has 0 saturated carbocycles. The predicted molar refractivity (Wildman–Crippen MR) is 87.0 cm³/mol. The van der Waals surface area contributed by atoms with Gasteiger partial charge in [-0.15, -0.1) is 0 Å². The van der Waals surface area contributed by atoms with Crippen molar-refractivity contribution in [2.45, 2.75) is 19.5 Å². The average molecular weight is 309 g/mol. The highest BCUT2D eigenvalue weighted by Gasteiger charge is 2.21. The number of amides is 1. The van der Waals surface area contributed by atoms with E-state index < -0.39 is 0 Å². The van der Waals surface area contributed by atoms with Gasteiger partial charge in [0.1, 0.15) is 5.76 Å². The lowest BCUT2D eigenvalue weighted by Crippen LogP contribution is -2.29. The third-order valence-electron chi connectivity index (χ3n) is 3.92. The van der Waals surface area contributed by atoms with E-state index in [9.17, 15) is 4.79 Å². The van der Waals surface area contributed by atoms with Crippen molar-refractivity contribution in [3.63, 3.8) is 0 Å². The fraction of sp³-hybridized carbons (Fsp3) is 0.222. The van der Waals surface area contributed by atoms with Gasteiger partial charge in [0.25, 0.3) is 5.91 Å². The maximum Gasteiger partial charge on any atom is 0.257 e. The monoisotopic (exact) mass is 309 g/mol. The molecular formula is C18H19N3O2. The Balaban J connectivity index is 1.71. The topological polar surface area (TPSA) is 51.3 Å². The van der Waals surface area contributed by atoms with Crippen molar-refractivity contribution >= 4 is 5.91 Å². The summed E-state index contributed by atoms with van der Waals surface area (Å²) in [6.07, 6.45) is 5.00. The van der Waals surface area contributed by atoms with E-state index in [0.717, 1.165) is 11.3 Å². The SMILES string of the molecule is CC(c1ccco1)N(C)C(=O)c1cnn(Cc2ccccc2)c1. The minimum atomic E-state index is -0.130. The first kappa shape index (κ1) is 15.1. The Labute approximate surface area is 135 Å². The molecule has 5 nitrogen and oxygen atoms in total. The van der Waals surface area contributed by atoms with Crippen LogP contribution in [0.1, 0.15) is 34.6 Å². The summed E-state index contributed by atoms with van der Waals surface area (Å²) in [5, 5.41) is 4.28. The Morgan fingerprint density at radius 2 is 2.04 bits per heavy atom. The van der Waals surface area contributed by atoms with Crippen molar-refractivity contribution in [2.24, 2.45) is 0 Å². The van der Waals surface area contributed by atoms with Crippen molar-refractivity contribution in [1.82, 2.24) is 14.7 Å². The summed E-state index contributed by atoms with van der Waals surface area (Å²) in [5.41, 5.74) is 1.72. The van der Waals surface area contributed by atoms with Gasteiger partial charge in [-0.25, -0.2) is 0 Å². The highest BCUT2D eigenvalue weighted by atomic mass is 16.3. The lowest BCUT2D eigenvalue weighted by Gasteiger charge is -2.22. The number of hydrogen-bond donors (Lipinski definition) is 0. The second-order valence-electron chi connectivity index (χ2n) is 5.52. The predicted octanol–water partition coefficient (Wildman–Crippen LogP) is 3.36. The summed E-state index contributed by atoms with van der Waals surface area (Å²) in [6, 6.07) is 13.6. The van der Waals surface area contributed by atoms with Crippen LogP contribution in [-0.2, 0) is 6.54 Å². The molecule has 1 unspecified atom stereocenters. The molecule has 23 heavy (non-hydrogen) atoms. The highest BCUT2D eigenvalue weighted by Crippen LogP contribution is 2.20. The van der Waals surface area contributed by atoms with Crippen molar-refractivity contribution in [1.29, 1.82) is 0 Å².